The van der Waals surface area contributed by atoms with E-state index < -0.39 is 0 Å². The first-order valence-electron chi connectivity index (χ1n) is 9.92. The molecule has 0 atom stereocenters. The second-order valence-corrected chi connectivity index (χ2v) is 7.39. The second kappa shape index (κ2) is 9.54. The van der Waals surface area contributed by atoms with Crippen molar-refractivity contribution in [1.29, 1.82) is 0 Å². The van der Waals surface area contributed by atoms with Crippen LogP contribution in [-0.4, -0.2) is 12.5 Å². The molecule has 4 heteroatoms. The highest BCUT2D eigenvalue weighted by Crippen LogP contribution is 2.37. The molecule has 0 unspecified atom stereocenters. The average molecular weight is 369 g/mol. The van der Waals surface area contributed by atoms with Crippen LogP contribution in [0, 0.1) is 11.7 Å². The Morgan fingerprint density at radius 3 is 2.33 bits per heavy atom. The summed E-state index contributed by atoms with van der Waals surface area (Å²) in [6.07, 6.45) is 5.91. The normalized spacial score (nSPS) is 19.5. The first-order valence-corrected chi connectivity index (χ1v) is 9.92. The van der Waals surface area contributed by atoms with Crippen molar-refractivity contribution in [3.63, 3.8) is 0 Å². The molecule has 2 aromatic rings. The third-order valence-corrected chi connectivity index (χ3v) is 5.27. The fraction of sp³-hybridized carbons (Fsp3) is 0.435. The molecule has 27 heavy (non-hydrogen) atoms. The van der Waals surface area contributed by atoms with E-state index in [1.807, 2.05) is 0 Å². The lowest BCUT2D eigenvalue weighted by Gasteiger charge is -2.28. The monoisotopic (exact) mass is 369 g/mol. The van der Waals surface area contributed by atoms with Gasteiger partial charge in [-0.15, -0.1) is 0 Å². The van der Waals surface area contributed by atoms with E-state index in [1.165, 1.54) is 17.7 Å². The van der Waals surface area contributed by atoms with Crippen LogP contribution in [0.15, 0.2) is 48.5 Å². The molecule has 1 aliphatic carbocycles. The van der Waals surface area contributed by atoms with Crippen LogP contribution in [0.3, 0.4) is 0 Å². The van der Waals surface area contributed by atoms with Gasteiger partial charge in [0.15, 0.2) is 0 Å². The van der Waals surface area contributed by atoms with Gasteiger partial charge in [0.1, 0.15) is 11.6 Å². The Hall–Kier alpha value is -2.36. The third kappa shape index (κ3) is 5.81. The van der Waals surface area contributed by atoms with Crippen molar-refractivity contribution in [2.45, 2.75) is 51.4 Å². The number of carbonyl (C=O) groups is 1. The van der Waals surface area contributed by atoms with Gasteiger partial charge in [-0.2, -0.15) is 0 Å². The molecule has 0 spiro atoms. The van der Waals surface area contributed by atoms with Crippen LogP contribution in [0.4, 0.5) is 10.1 Å². The molecule has 3 nitrogen and oxygen atoms in total. The summed E-state index contributed by atoms with van der Waals surface area (Å²) in [5, 5.41) is 2.86. The smallest absolute Gasteiger partial charge is 0.224 e. The summed E-state index contributed by atoms with van der Waals surface area (Å²) in [6.45, 7) is 2.86. The minimum Gasteiger partial charge on any atom is -0.494 e. The highest BCUT2D eigenvalue weighted by atomic mass is 19.1. The quantitative estimate of drug-likeness (QED) is 0.658. The van der Waals surface area contributed by atoms with Crippen molar-refractivity contribution in [3.05, 3.63) is 59.9 Å². The maximum absolute atomic E-state index is 12.9. The van der Waals surface area contributed by atoms with Gasteiger partial charge in [0.25, 0.3) is 0 Å². The SMILES string of the molecule is CCCOc1ccc(C2CCC(CC(=O)Nc3ccc(F)cc3)CC2)cc1. The summed E-state index contributed by atoms with van der Waals surface area (Å²) in [5.41, 5.74) is 2.02. The number of hydrogen-bond acceptors (Lipinski definition) is 2. The first kappa shape index (κ1) is 19.4. The first-order chi connectivity index (χ1) is 13.1. The van der Waals surface area contributed by atoms with Gasteiger partial charge < -0.3 is 10.1 Å². The Labute approximate surface area is 160 Å². The van der Waals surface area contributed by atoms with Crippen molar-refractivity contribution in [2.24, 2.45) is 5.92 Å². The molecule has 1 saturated carbocycles. The van der Waals surface area contributed by atoms with E-state index in [2.05, 4.69) is 36.5 Å². The van der Waals surface area contributed by atoms with Gasteiger partial charge >= 0.3 is 0 Å². The average Bonchev–Trinajstić information content (AvgIpc) is 2.69. The fourth-order valence-corrected chi connectivity index (χ4v) is 3.76. The summed E-state index contributed by atoms with van der Waals surface area (Å²) in [5.74, 6) is 1.65. The standard InChI is InChI=1S/C23H28FNO2/c1-2-15-27-22-13-7-19(8-14-22)18-5-3-17(4-6-18)16-23(26)25-21-11-9-20(24)10-12-21/h7-14,17-18H,2-6,15-16H2,1H3,(H,25,26). The molecule has 1 fully saturated rings. The van der Waals surface area contributed by atoms with Crippen LogP contribution in [0.2, 0.25) is 0 Å². The number of benzene rings is 2. The molecule has 144 valence electrons. The minimum atomic E-state index is -0.295. The molecular weight excluding hydrogens is 341 g/mol. The molecule has 1 aliphatic rings. The van der Waals surface area contributed by atoms with E-state index in [0.717, 1.165) is 44.5 Å². The summed E-state index contributed by atoms with van der Waals surface area (Å²) in [6, 6.07) is 14.4. The number of carbonyl (C=O) groups excluding carboxylic acids is 1. The summed E-state index contributed by atoms with van der Waals surface area (Å²) >= 11 is 0. The molecule has 0 saturated heterocycles. The van der Waals surface area contributed by atoms with Crippen LogP contribution in [0.25, 0.3) is 0 Å². The molecular formula is C23H28FNO2. The van der Waals surface area contributed by atoms with E-state index in [1.54, 1.807) is 12.1 Å². The van der Waals surface area contributed by atoms with Gasteiger partial charge in [0.2, 0.25) is 5.91 Å². The fourth-order valence-electron chi connectivity index (χ4n) is 3.76. The van der Waals surface area contributed by atoms with Gasteiger partial charge in [-0.25, -0.2) is 4.39 Å². The summed E-state index contributed by atoms with van der Waals surface area (Å²) in [7, 11) is 0. The maximum Gasteiger partial charge on any atom is 0.224 e. The van der Waals surface area contributed by atoms with E-state index in [9.17, 15) is 9.18 Å². The van der Waals surface area contributed by atoms with Crippen molar-refractivity contribution in [3.8, 4) is 5.75 Å². The molecule has 2 aromatic carbocycles. The zero-order valence-corrected chi connectivity index (χ0v) is 15.9. The zero-order chi connectivity index (χ0) is 19.1. The van der Waals surface area contributed by atoms with Crippen molar-refractivity contribution in [2.75, 3.05) is 11.9 Å². The Balaban J connectivity index is 1.44. The minimum absolute atomic E-state index is 0.0162. The summed E-state index contributed by atoms with van der Waals surface area (Å²) in [4.78, 5) is 12.2. The van der Waals surface area contributed by atoms with Gasteiger partial charge in [-0.1, -0.05) is 19.1 Å². The van der Waals surface area contributed by atoms with Gasteiger partial charge in [-0.3, -0.25) is 4.79 Å². The number of nitrogens with one attached hydrogen (secondary N) is 1. The van der Waals surface area contributed by atoms with Crippen LogP contribution in [0.5, 0.6) is 5.75 Å². The predicted molar refractivity (Wildman–Crippen MR) is 107 cm³/mol. The lowest BCUT2D eigenvalue weighted by atomic mass is 9.77. The molecule has 0 heterocycles. The van der Waals surface area contributed by atoms with Gasteiger partial charge in [-0.05, 0) is 85.9 Å². The number of anilines is 1. The van der Waals surface area contributed by atoms with E-state index in [0.29, 0.717) is 23.9 Å². The molecule has 0 radical (unpaired) electrons. The lowest BCUT2D eigenvalue weighted by molar-refractivity contribution is -0.117. The Morgan fingerprint density at radius 1 is 1.04 bits per heavy atom. The van der Waals surface area contributed by atoms with E-state index >= 15 is 0 Å². The lowest BCUT2D eigenvalue weighted by Crippen LogP contribution is -2.20. The van der Waals surface area contributed by atoms with E-state index in [4.69, 9.17) is 4.74 Å². The number of hydrogen-bond donors (Lipinski definition) is 1. The van der Waals surface area contributed by atoms with Crippen molar-refractivity contribution in [1.82, 2.24) is 0 Å². The largest absolute Gasteiger partial charge is 0.494 e. The molecule has 0 aromatic heterocycles. The molecule has 1 amide bonds. The van der Waals surface area contributed by atoms with Gasteiger partial charge in [0, 0.05) is 12.1 Å². The molecule has 1 N–H and O–H groups in total. The number of ether oxygens (including phenoxy) is 1. The van der Waals surface area contributed by atoms with Crippen LogP contribution < -0.4 is 10.1 Å². The maximum atomic E-state index is 12.9. The van der Waals surface area contributed by atoms with E-state index in [-0.39, 0.29) is 11.7 Å². The highest BCUT2D eigenvalue weighted by molar-refractivity contribution is 5.90. The number of halogens is 1. The van der Waals surface area contributed by atoms with Crippen molar-refractivity contribution < 1.29 is 13.9 Å². The van der Waals surface area contributed by atoms with Crippen LogP contribution in [0.1, 0.15) is 56.9 Å². The number of amides is 1. The summed E-state index contributed by atoms with van der Waals surface area (Å²) < 4.78 is 18.6. The van der Waals surface area contributed by atoms with Crippen molar-refractivity contribution >= 4 is 11.6 Å². The Morgan fingerprint density at radius 2 is 1.70 bits per heavy atom. The second-order valence-electron chi connectivity index (χ2n) is 7.39. The Bertz CT molecular complexity index is 719. The zero-order valence-electron chi connectivity index (χ0n) is 15.9. The Kier molecular flexibility index (Phi) is 6.86. The highest BCUT2D eigenvalue weighted by Gasteiger charge is 2.24. The number of rotatable bonds is 7. The molecule has 3 rings (SSSR count). The van der Waals surface area contributed by atoms with Crippen LogP contribution >= 0.6 is 0 Å². The topological polar surface area (TPSA) is 38.3 Å². The molecule has 0 bridgehead atoms. The van der Waals surface area contributed by atoms with Gasteiger partial charge in [0.05, 0.1) is 6.61 Å². The van der Waals surface area contributed by atoms with Crippen LogP contribution in [-0.2, 0) is 4.79 Å². The molecule has 0 aliphatic heterocycles. The third-order valence-electron chi connectivity index (χ3n) is 5.27. The predicted octanol–water partition coefficient (Wildman–Crippen LogP) is 5.92.